The number of hydrogen-bond donors (Lipinski definition) is 1. The van der Waals surface area contributed by atoms with Crippen molar-refractivity contribution in [1.29, 1.82) is 0 Å². The zero-order chi connectivity index (χ0) is 9.71. The molecule has 2 amide bonds. The summed E-state index contributed by atoms with van der Waals surface area (Å²) in [5.74, 6) is -0.634. The Morgan fingerprint density at radius 3 is 2.86 bits per heavy atom. The fraction of sp³-hybridized carbons (Fsp3) is 0. The van der Waals surface area contributed by atoms with Gasteiger partial charge in [0.05, 0.1) is 5.56 Å². The van der Waals surface area contributed by atoms with E-state index in [2.05, 4.69) is 5.32 Å². The van der Waals surface area contributed by atoms with Crippen LogP contribution in [0.4, 0.5) is 0 Å². The third kappa shape index (κ3) is 0.724. The maximum atomic E-state index is 11.4. The van der Waals surface area contributed by atoms with Crippen molar-refractivity contribution in [1.82, 2.24) is 9.72 Å². The lowest BCUT2D eigenvalue weighted by molar-refractivity contribution is 0.0877. The van der Waals surface area contributed by atoms with Gasteiger partial charge in [-0.2, -0.15) is 0 Å². The van der Waals surface area contributed by atoms with Gasteiger partial charge >= 0.3 is 0 Å². The number of amides is 2. The van der Waals surface area contributed by atoms with E-state index in [-0.39, 0.29) is 11.8 Å². The van der Waals surface area contributed by atoms with E-state index in [1.54, 1.807) is 16.7 Å². The van der Waals surface area contributed by atoms with Crippen LogP contribution in [0.2, 0.25) is 0 Å². The molecule has 0 fully saturated rings. The largest absolute Gasteiger partial charge is 0.312 e. The Morgan fingerprint density at radius 1 is 1.14 bits per heavy atom. The molecule has 2 aromatic rings. The summed E-state index contributed by atoms with van der Waals surface area (Å²) in [5.41, 5.74) is 1.76. The van der Waals surface area contributed by atoms with Gasteiger partial charge in [0.1, 0.15) is 5.69 Å². The summed E-state index contributed by atoms with van der Waals surface area (Å²) in [4.78, 5) is 22.7. The summed E-state index contributed by atoms with van der Waals surface area (Å²) < 4.78 is 1.72. The van der Waals surface area contributed by atoms with Crippen LogP contribution in [0.1, 0.15) is 20.8 Å². The highest BCUT2D eigenvalue weighted by atomic mass is 16.2. The summed E-state index contributed by atoms with van der Waals surface area (Å²) in [5, 5.41) is 2.26. The molecule has 4 heteroatoms. The first-order valence-electron chi connectivity index (χ1n) is 4.23. The highest BCUT2D eigenvalue weighted by Crippen LogP contribution is 2.20. The van der Waals surface area contributed by atoms with Crippen LogP contribution < -0.4 is 5.32 Å². The highest BCUT2D eigenvalue weighted by Gasteiger charge is 2.30. The third-order valence-electron chi connectivity index (χ3n) is 2.37. The van der Waals surface area contributed by atoms with Crippen molar-refractivity contribution in [2.75, 3.05) is 0 Å². The Labute approximate surface area is 79.1 Å². The topological polar surface area (TPSA) is 50.6 Å². The number of aromatic nitrogens is 1. The van der Waals surface area contributed by atoms with E-state index in [1.165, 1.54) is 0 Å². The van der Waals surface area contributed by atoms with Gasteiger partial charge in [-0.05, 0) is 18.2 Å². The molecule has 0 aromatic carbocycles. The van der Waals surface area contributed by atoms with Crippen LogP contribution in [0.3, 0.4) is 0 Å². The molecule has 14 heavy (non-hydrogen) atoms. The molecule has 3 rings (SSSR count). The van der Waals surface area contributed by atoms with E-state index in [0.717, 1.165) is 5.52 Å². The van der Waals surface area contributed by atoms with Gasteiger partial charge in [0.15, 0.2) is 0 Å². The summed E-state index contributed by atoms with van der Waals surface area (Å²) in [6.45, 7) is 0. The van der Waals surface area contributed by atoms with Crippen LogP contribution in [0.25, 0.3) is 5.52 Å². The average molecular weight is 186 g/mol. The van der Waals surface area contributed by atoms with Gasteiger partial charge in [-0.3, -0.25) is 14.9 Å². The molecular formula is C10H6N2O2. The van der Waals surface area contributed by atoms with E-state index in [9.17, 15) is 9.59 Å². The van der Waals surface area contributed by atoms with Crippen molar-refractivity contribution in [3.05, 3.63) is 41.7 Å². The summed E-state index contributed by atoms with van der Waals surface area (Å²) in [7, 11) is 0. The van der Waals surface area contributed by atoms with Crippen LogP contribution in [0.5, 0.6) is 0 Å². The lowest BCUT2D eigenvalue weighted by atomic mass is 10.3. The van der Waals surface area contributed by atoms with Crippen LogP contribution >= 0.6 is 0 Å². The molecule has 1 aliphatic rings. The van der Waals surface area contributed by atoms with Gasteiger partial charge in [0.2, 0.25) is 0 Å². The van der Waals surface area contributed by atoms with Gasteiger partial charge in [0, 0.05) is 11.7 Å². The molecule has 0 spiro atoms. The quantitative estimate of drug-likeness (QED) is 0.619. The number of hydrogen-bond acceptors (Lipinski definition) is 2. The summed E-state index contributed by atoms with van der Waals surface area (Å²) in [6.07, 6.45) is 1.77. The molecule has 0 atom stereocenters. The number of nitrogens with one attached hydrogen (secondary N) is 1. The number of imide groups is 1. The minimum Gasteiger partial charge on any atom is -0.312 e. The van der Waals surface area contributed by atoms with Crippen LogP contribution in [0, 0.1) is 0 Å². The van der Waals surface area contributed by atoms with Crippen molar-refractivity contribution in [3.63, 3.8) is 0 Å². The van der Waals surface area contributed by atoms with Gasteiger partial charge in [-0.25, -0.2) is 0 Å². The molecule has 68 valence electrons. The number of nitrogens with zero attached hydrogens (tertiary/aromatic N) is 1. The van der Waals surface area contributed by atoms with Gasteiger partial charge < -0.3 is 4.40 Å². The molecule has 4 nitrogen and oxygen atoms in total. The average Bonchev–Trinajstić information content (AvgIpc) is 2.66. The minimum absolute atomic E-state index is 0.311. The molecule has 3 heterocycles. The smallest absolute Gasteiger partial charge is 0.275 e. The fourth-order valence-corrected chi connectivity index (χ4v) is 1.76. The minimum atomic E-state index is -0.323. The number of carbonyl (C=O) groups is 2. The fourth-order valence-electron chi connectivity index (χ4n) is 1.76. The lowest BCUT2D eigenvalue weighted by Crippen LogP contribution is -2.21. The van der Waals surface area contributed by atoms with E-state index in [0.29, 0.717) is 11.3 Å². The van der Waals surface area contributed by atoms with Crippen LogP contribution in [0.15, 0.2) is 30.5 Å². The number of carbonyl (C=O) groups excluding carboxylic acids is 2. The van der Waals surface area contributed by atoms with Crippen molar-refractivity contribution >= 4 is 17.3 Å². The zero-order valence-electron chi connectivity index (χ0n) is 7.15. The Bertz CT molecular complexity index is 569. The van der Waals surface area contributed by atoms with Gasteiger partial charge in [0.25, 0.3) is 11.8 Å². The summed E-state index contributed by atoms with van der Waals surface area (Å²) >= 11 is 0. The third-order valence-corrected chi connectivity index (χ3v) is 2.37. The zero-order valence-corrected chi connectivity index (χ0v) is 7.15. The van der Waals surface area contributed by atoms with Crippen molar-refractivity contribution in [2.24, 2.45) is 0 Å². The van der Waals surface area contributed by atoms with E-state index in [1.807, 2.05) is 18.2 Å². The Hall–Kier alpha value is -2.10. The van der Waals surface area contributed by atoms with Crippen molar-refractivity contribution in [2.45, 2.75) is 0 Å². The number of rotatable bonds is 0. The number of fused-ring (bicyclic) bond motifs is 3. The standard InChI is InChI=1S/C10H6N2O2/c13-9-7-5-6-3-1-2-4-12(6)8(7)10(14)11-9/h1-5H,(H,11,13,14). The molecule has 0 bridgehead atoms. The first kappa shape index (κ1) is 7.32. The summed E-state index contributed by atoms with van der Waals surface area (Å²) in [6, 6.07) is 7.27. The van der Waals surface area contributed by atoms with Crippen LogP contribution in [-0.4, -0.2) is 16.2 Å². The molecule has 2 aromatic heterocycles. The molecular weight excluding hydrogens is 180 g/mol. The molecule has 0 saturated heterocycles. The first-order chi connectivity index (χ1) is 6.77. The Morgan fingerprint density at radius 2 is 2.00 bits per heavy atom. The van der Waals surface area contributed by atoms with Crippen molar-refractivity contribution < 1.29 is 9.59 Å². The second-order valence-corrected chi connectivity index (χ2v) is 3.19. The number of pyridine rings is 1. The maximum absolute atomic E-state index is 11.4. The first-order valence-corrected chi connectivity index (χ1v) is 4.23. The Kier molecular flexibility index (Phi) is 1.16. The molecule has 1 N–H and O–H groups in total. The monoisotopic (exact) mass is 186 g/mol. The Balaban J connectivity index is 2.49. The normalized spacial score (nSPS) is 14.6. The predicted octanol–water partition coefficient (Wildman–Crippen LogP) is 0.823. The van der Waals surface area contributed by atoms with Gasteiger partial charge in [-0.1, -0.05) is 6.07 Å². The van der Waals surface area contributed by atoms with Gasteiger partial charge in [-0.15, -0.1) is 0 Å². The molecule has 1 aliphatic heterocycles. The van der Waals surface area contributed by atoms with E-state index < -0.39 is 0 Å². The van der Waals surface area contributed by atoms with Crippen LogP contribution in [-0.2, 0) is 0 Å². The molecule has 0 saturated carbocycles. The second-order valence-electron chi connectivity index (χ2n) is 3.19. The SMILES string of the molecule is O=C1NC(=O)c2c1cc1ccccn21. The van der Waals surface area contributed by atoms with E-state index in [4.69, 9.17) is 0 Å². The molecule has 0 unspecified atom stereocenters. The van der Waals surface area contributed by atoms with Crippen molar-refractivity contribution in [3.8, 4) is 0 Å². The lowest BCUT2D eigenvalue weighted by Gasteiger charge is -1.96. The maximum Gasteiger partial charge on any atom is 0.275 e. The molecule has 0 radical (unpaired) electrons. The van der Waals surface area contributed by atoms with E-state index >= 15 is 0 Å². The molecule has 0 aliphatic carbocycles. The predicted molar refractivity (Wildman–Crippen MR) is 49.2 cm³/mol. The second kappa shape index (κ2) is 2.23. The highest BCUT2D eigenvalue weighted by molar-refractivity contribution is 6.21.